The van der Waals surface area contributed by atoms with Gasteiger partial charge >= 0.3 is 17.8 Å². The predicted molar refractivity (Wildman–Crippen MR) is 143 cm³/mol. The van der Waals surface area contributed by atoms with Gasteiger partial charge in [0.1, 0.15) is 12.1 Å². The Kier molecular flexibility index (Phi) is 7.42. The molecule has 3 aromatic rings. The molecule has 0 bridgehead atoms. The molecule has 2 aromatic heterocycles. The SMILES string of the molecule is C=Cc1ccccc1-n1c(N2CCN(C(=O)OC(C)(C)C)CC2)nc2c1c(=O)[nH]c(=O)n2CC(=O)OCC. The Morgan fingerprint density at radius 3 is 2.45 bits per heavy atom. The van der Waals surface area contributed by atoms with Crippen LogP contribution in [-0.4, -0.2) is 74.5 Å². The van der Waals surface area contributed by atoms with E-state index in [9.17, 15) is 19.2 Å². The van der Waals surface area contributed by atoms with E-state index in [1.807, 2.05) is 49.9 Å². The van der Waals surface area contributed by atoms with Gasteiger partial charge in [-0.2, -0.15) is 4.98 Å². The number of piperazine rings is 1. The highest BCUT2D eigenvalue weighted by Crippen LogP contribution is 2.28. The molecule has 38 heavy (non-hydrogen) atoms. The third kappa shape index (κ3) is 5.34. The molecule has 1 amide bonds. The van der Waals surface area contributed by atoms with Crippen molar-refractivity contribution in [1.82, 2.24) is 24.0 Å². The lowest BCUT2D eigenvalue weighted by atomic mass is 10.1. The number of ether oxygens (including phenoxy) is 2. The van der Waals surface area contributed by atoms with Crippen LogP contribution in [0.3, 0.4) is 0 Å². The Morgan fingerprint density at radius 2 is 1.82 bits per heavy atom. The van der Waals surface area contributed by atoms with Crippen molar-refractivity contribution in [3.63, 3.8) is 0 Å². The van der Waals surface area contributed by atoms with Gasteiger partial charge < -0.3 is 19.3 Å². The number of hydrogen-bond donors (Lipinski definition) is 1. The molecule has 0 atom stereocenters. The van der Waals surface area contributed by atoms with Gasteiger partial charge in [-0.1, -0.05) is 30.9 Å². The molecule has 3 heterocycles. The Hall–Kier alpha value is -4.35. The summed E-state index contributed by atoms with van der Waals surface area (Å²) in [5.74, 6) is -0.233. The lowest BCUT2D eigenvalue weighted by Crippen LogP contribution is -2.50. The normalized spacial score (nSPS) is 14.0. The number of anilines is 1. The second-order valence-electron chi connectivity index (χ2n) is 9.79. The first-order valence-electron chi connectivity index (χ1n) is 12.4. The second-order valence-corrected chi connectivity index (χ2v) is 9.79. The fraction of sp³-hybridized carbons (Fsp3) is 0.423. The molecule has 12 heteroatoms. The molecular weight excluding hydrogens is 492 g/mol. The van der Waals surface area contributed by atoms with Crippen LogP contribution in [0, 0.1) is 0 Å². The molecular formula is C26H32N6O6. The first-order chi connectivity index (χ1) is 18.0. The van der Waals surface area contributed by atoms with E-state index in [2.05, 4.69) is 11.6 Å². The highest BCUT2D eigenvalue weighted by atomic mass is 16.6. The maximum absolute atomic E-state index is 13.2. The van der Waals surface area contributed by atoms with E-state index in [0.717, 1.165) is 10.1 Å². The third-order valence-corrected chi connectivity index (χ3v) is 5.98. The van der Waals surface area contributed by atoms with E-state index in [0.29, 0.717) is 37.8 Å². The van der Waals surface area contributed by atoms with Crippen LogP contribution in [0.2, 0.25) is 0 Å². The fourth-order valence-electron chi connectivity index (χ4n) is 4.31. The number of H-pyrrole nitrogens is 1. The molecule has 1 saturated heterocycles. The van der Waals surface area contributed by atoms with Gasteiger partial charge in [-0.25, -0.2) is 9.59 Å². The molecule has 1 aromatic carbocycles. The first kappa shape index (κ1) is 26.7. The van der Waals surface area contributed by atoms with Crippen molar-refractivity contribution in [2.45, 2.75) is 39.8 Å². The highest BCUT2D eigenvalue weighted by Gasteiger charge is 2.30. The Labute approximate surface area is 219 Å². The van der Waals surface area contributed by atoms with Gasteiger partial charge in [0.25, 0.3) is 5.56 Å². The minimum atomic E-state index is -0.765. The van der Waals surface area contributed by atoms with Crippen molar-refractivity contribution in [3.05, 3.63) is 57.2 Å². The van der Waals surface area contributed by atoms with Gasteiger partial charge in [-0.15, -0.1) is 0 Å². The molecule has 202 valence electrons. The Balaban J connectivity index is 1.84. The molecule has 1 aliphatic rings. The number of esters is 1. The van der Waals surface area contributed by atoms with Crippen LogP contribution in [0.25, 0.3) is 22.9 Å². The van der Waals surface area contributed by atoms with Gasteiger partial charge in [0.05, 0.1) is 12.3 Å². The molecule has 1 aliphatic heterocycles. The second kappa shape index (κ2) is 10.6. The summed E-state index contributed by atoms with van der Waals surface area (Å²) in [5.41, 5.74) is -0.499. The zero-order valence-electron chi connectivity index (χ0n) is 22.0. The molecule has 0 radical (unpaired) electrons. The summed E-state index contributed by atoms with van der Waals surface area (Å²) < 4.78 is 13.3. The van der Waals surface area contributed by atoms with E-state index < -0.39 is 35.5 Å². The number of nitrogens with one attached hydrogen (secondary N) is 1. The molecule has 1 N–H and O–H groups in total. The largest absolute Gasteiger partial charge is 0.465 e. The number of para-hydroxylation sites is 1. The summed E-state index contributed by atoms with van der Waals surface area (Å²) in [6.07, 6.45) is 1.26. The highest BCUT2D eigenvalue weighted by molar-refractivity contribution is 5.81. The van der Waals surface area contributed by atoms with Crippen molar-refractivity contribution in [2.24, 2.45) is 0 Å². The fourth-order valence-corrected chi connectivity index (χ4v) is 4.31. The van der Waals surface area contributed by atoms with Crippen molar-refractivity contribution < 1.29 is 19.1 Å². The molecule has 4 rings (SSSR count). The minimum Gasteiger partial charge on any atom is -0.465 e. The number of imidazole rings is 1. The first-order valence-corrected chi connectivity index (χ1v) is 12.4. The lowest BCUT2D eigenvalue weighted by molar-refractivity contribution is -0.143. The Bertz CT molecular complexity index is 1490. The van der Waals surface area contributed by atoms with Gasteiger partial charge in [0.15, 0.2) is 11.2 Å². The summed E-state index contributed by atoms with van der Waals surface area (Å²) in [6, 6.07) is 7.33. The van der Waals surface area contributed by atoms with Crippen molar-refractivity contribution in [2.75, 3.05) is 37.7 Å². The average Bonchev–Trinajstić information content (AvgIpc) is 3.26. The van der Waals surface area contributed by atoms with Gasteiger partial charge in [0, 0.05) is 26.2 Å². The smallest absolute Gasteiger partial charge is 0.410 e. The van der Waals surface area contributed by atoms with Crippen LogP contribution in [0.5, 0.6) is 0 Å². The summed E-state index contributed by atoms with van der Waals surface area (Å²) in [4.78, 5) is 61.3. The monoisotopic (exact) mass is 524 g/mol. The third-order valence-electron chi connectivity index (χ3n) is 5.98. The van der Waals surface area contributed by atoms with E-state index in [1.165, 1.54) is 0 Å². The summed E-state index contributed by atoms with van der Waals surface area (Å²) >= 11 is 0. The number of nitrogens with zero attached hydrogens (tertiary/aromatic N) is 5. The lowest BCUT2D eigenvalue weighted by Gasteiger charge is -2.36. The summed E-state index contributed by atoms with van der Waals surface area (Å²) in [6.45, 7) is 12.3. The Morgan fingerprint density at radius 1 is 1.13 bits per heavy atom. The number of aromatic nitrogens is 4. The van der Waals surface area contributed by atoms with Crippen LogP contribution in [0.15, 0.2) is 40.4 Å². The number of aromatic amines is 1. The van der Waals surface area contributed by atoms with E-state index >= 15 is 0 Å². The number of fused-ring (bicyclic) bond motifs is 1. The van der Waals surface area contributed by atoms with Crippen LogP contribution in [0.1, 0.15) is 33.3 Å². The molecule has 0 saturated carbocycles. The average molecular weight is 525 g/mol. The number of rotatable bonds is 6. The van der Waals surface area contributed by atoms with Crippen molar-refractivity contribution in [1.29, 1.82) is 0 Å². The van der Waals surface area contributed by atoms with E-state index in [4.69, 9.17) is 14.5 Å². The van der Waals surface area contributed by atoms with Crippen molar-refractivity contribution in [3.8, 4) is 5.69 Å². The summed E-state index contributed by atoms with van der Waals surface area (Å²) in [7, 11) is 0. The maximum atomic E-state index is 13.2. The summed E-state index contributed by atoms with van der Waals surface area (Å²) in [5, 5.41) is 0. The standard InChI is InChI=1S/C26H32N6O6/c1-6-17-10-8-9-11-18(17)32-20-21(31(16-19(33)37-7-2)24(35)28-22(20)34)27-23(32)29-12-14-30(15-13-29)25(36)38-26(3,4)5/h6,8-11H,1,7,12-16H2,2-5H3,(H,28,34,35). The van der Waals surface area contributed by atoms with Crippen LogP contribution < -0.4 is 16.1 Å². The van der Waals surface area contributed by atoms with Crippen molar-refractivity contribution >= 4 is 35.3 Å². The quantitative estimate of drug-likeness (QED) is 0.485. The molecule has 0 unspecified atom stereocenters. The van der Waals surface area contributed by atoms with Gasteiger partial charge in [-0.3, -0.25) is 23.7 Å². The van der Waals surface area contributed by atoms with Crippen LogP contribution >= 0.6 is 0 Å². The topological polar surface area (TPSA) is 132 Å². The zero-order valence-corrected chi connectivity index (χ0v) is 22.0. The predicted octanol–water partition coefficient (Wildman–Crippen LogP) is 2.14. The number of carbonyl (C=O) groups excluding carboxylic acids is 2. The number of benzene rings is 1. The van der Waals surface area contributed by atoms with E-state index in [-0.39, 0.29) is 17.8 Å². The van der Waals surface area contributed by atoms with Crippen LogP contribution in [0.4, 0.5) is 10.7 Å². The zero-order chi connectivity index (χ0) is 27.6. The number of amides is 1. The van der Waals surface area contributed by atoms with Crippen LogP contribution in [-0.2, 0) is 20.8 Å². The minimum absolute atomic E-state index is 0.0511. The van der Waals surface area contributed by atoms with Gasteiger partial charge in [-0.05, 0) is 39.3 Å². The van der Waals surface area contributed by atoms with Gasteiger partial charge in [0.2, 0.25) is 5.95 Å². The maximum Gasteiger partial charge on any atom is 0.410 e. The number of carbonyl (C=O) groups is 2. The molecule has 12 nitrogen and oxygen atoms in total. The molecule has 1 fully saturated rings. The molecule has 0 aliphatic carbocycles. The number of hydrogen-bond acceptors (Lipinski definition) is 8. The molecule has 0 spiro atoms. The van der Waals surface area contributed by atoms with E-state index in [1.54, 1.807) is 22.5 Å².